The van der Waals surface area contributed by atoms with Gasteiger partial charge in [-0.3, -0.25) is 14.6 Å². The minimum Gasteiger partial charge on any atom is -0.497 e. The van der Waals surface area contributed by atoms with Crippen molar-refractivity contribution < 1.29 is 19.1 Å². The Morgan fingerprint density at radius 1 is 1.07 bits per heavy atom. The number of nitrogens with one attached hydrogen (secondary N) is 1. The number of ketones is 1. The smallest absolute Gasteiger partial charge is 0.251 e. The highest BCUT2D eigenvalue weighted by atomic mass is 35.5. The minimum absolute atomic E-state index is 0.190. The number of ether oxygens (including phenoxy) is 2. The first-order valence-electron chi connectivity index (χ1n) is 8.64. The number of carbonyl (C=O) groups excluding carboxylic acids is 2. The lowest BCUT2D eigenvalue weighted by atomic mass is 9.88. The summed E-state index contributed by atoms with van der Waals surface area (Å²) in [7, 11) is 3.16. The zero-order valence-electron chi connectivity index (χ0n) is 15.7. The fourth-order valence-corrected chi connectivity index (χ4v) is 3.57. The van der Waals surface area contributed by atoms with Gasteiger partial charge in [0.25, 0.3) is 5.91 Å². The van der Waals surface area contributed by atoms with E-state index >= 15 is 0 Å². The Hall–Kier alpha value is -2.28. The van der Waals surface area contributed by atoms with E-state index < -0.39 is 17.9 Å². The van der Waals surface area contributed by atoms with E-state index in [-0.39, 0.29) is 33.7 Å². The highest BCUT2D eigenvalue weighted by Gasteiger charge is 2.42. The maximum absolute atomic E-state index is 12.8. The van der Waals surface area contributed by atoms with E-state index in [1.165, 1.54) is 5.01 Å². The SMILES string of the molecule is COc1ccc(COc2c(Cl)ccc(Cl)c2C2C(=O)C(C)NN(C)C2=O)cc1. The molecule has 0 aromatic heterocycles. The molecule has 0 saturated carbocycles. The van der Waals surface area contributed by atoms with Gasteiger partial charge in [0.1, 0.15) is 24.0 Å². The number of hydrazine groups is 1. The molecule has 2 aromatic rings. The molecule has 1 aliphatic rings. The van der Waals surface area contributed by atoms with Crippen LogP contribution in [-0.2, 0) is 16.2 Å². The molecule has 2 atom stereocenters. The molecule has 2 aromatic carbocycles. The molecular weight excluding hydrogens is 403 g/mol. The van der Waals surface area contributed by atoms with Gasteiger partial charge in [0.15, 0.2) is 5.78 Å². The van der Waals surface area contributed by atoms with Crippen molar-refractivity contribution in [3.63, 3.8) is 0 Å². The van der Waals surface area contributed by atoms with Crippen molar-refractivity contribution in [3.8, 4) is 11.5 Å². The third-order valence-electron chi connectivity index (χ3n) is 4.60. The van der Waals surface area contributed by atoms with Crippen LogP contribution in [0.2, 0.25) is 10.0 Å². The summed E-state index contributed by atoms with van der Waals surface area (Å²) in [6.45, 7) is 1.88. The van der Waals surface area contributed by atoms with Gasteiger partial charge in [-0.2, -0.15) is 0 Å². The lowest BCUT2D eigenvalue weighted by Gasteiger charge is -2.34. The van der Waals surface area contributed by atoms with Crippen molar-refractivity contribution in [2.24, 2.45) is 0 Å². The van der Waals surface area contributed by atoms with Crippen LogP contribution in [-0.4, -0.2) is 36.9 Å². The van der Waals surface area contributed by atoms with Crippen LogP contribution < -0.4 is 14.9 Å². The van der Waals surface area contributed by atoms with Gasteiger partial charge >= 0.3 is 0 Å². The van der Waals surface area contributed by atoms with Crippen LogP contribution in [0.1, 0.15) is 24.0 Å². The number of likely N-dealkylation sites (N-methyl/N-ethyl adjacent to an activating group) is 1. The van der Waals surface area contributed by atoms with Gasteiger partial charge in [0.05, 0.1) is 18.2 Å². The van der Waals surface area contributed by atoms with Crippen LogP contribution in [0.4, 0.5) is 0 Å². The lowest BCUT2D eigenvalue weighted by molar-refractivity contribution is -0.146. The molecule has 0 aliphatic carbocycles. The fourth-order valence-electron chi connectivity index (χ4n) is 3.09. The zero-order chi connectivity index (χ0) is 20.4. The number of halogens is 2. The first kappa shape index (κ1) is 20.5. The molecule has 28 heavy (non-hydrogen) atoms. The third-order valence-corrected chi connectivity index (χ3v) is 5.23. The van der Waals surface area contributed by atoms with Crippen molar-refractivity contribution >= 4 is 34.9 Å². The van der Waals surface area contributed by atoms with Gasteiger partial charge in [-0.05, 0) is 36.8 Å². The predicted octanol–water partition coefficient (Wildman–Crippen LogP) is 3.60. The number of hydrogen-bond donors (Lipinski definition) is 1. The molecule has 0 spiro atoms. The molecule has 2 unspecified atom stereocenters. The zero-order valence-corrected chi connectivity index (χ0v) is 17.2. The Morgan fingerprint density at radius 3 is 2.36 bits per heavy atom. The van der Waals surface area contributed by atoms with Gasteiger partial charge in [-0.1, -0.05) is 35.3 Å². The highest BCUT2D eigenvalue weighted by Crippen LogP contribution is 2.41. The van der Waals surface area contributed by atoms with Crippen LogP contribution in [0.5, 0.6) is 11.5 Å². The van der Waals surface area contributed by atoms with Crippen molar-refractivity contribution in [3.05, 3.63) is 57.6 Å². The molecule has 1 aliphatic heterocycles. The number of rotatable bonds is 5. The Bertz CT molecular complexity index is 882. The second-order valence-electron chi connectivity index (χ2n) is 6.49. The number of amides is 1. The third kappa shape index (κ3) is 3.94. The van der Waals surface area contributed by atoms with Crippen molar-refractivity contribution in [1.82, 2.24) is 10.4 Å². The topological polar surface area (TPSA) is 67.9 Å². The average Bonchev–Trinajstić information content (AvgIpc) is 2.69. The summed E-state index contributed by atoms with van der Waals surface area (Å²) in [5, 5.41) is 1.83. The Balaban J connectivity index is 1.96. The van der Waals surface area contributed by atoms with Gasteiger partial charge in [0, 0.05) is 17.6 Å². The Morgan fingerprint density at radius 2 is 1.71 bits per heavy atom. The second-order valence-corrected chi connectivity index (χ2v) is 7.31. The average molecular weight is 423 g/mol. The summed E-state index contributed by atoms with van der Waals surface area (Å²) >= 11 is 12.7. The normalized spacial score (nSPS) is 19.7. The molecule has 1 N–H and O–H groups in total. The van der Waals surface area contributed by atoms with E-state index in [9.17, 15) is 9.59 Å². The first-order chi connectivity index (χ1) is 13.3. The monoisotopic (exact) mass is 422 g/mol. The molecule has 6 nitrogen and oxygen atoms in total. The molecule has 1 fully saturated rings. The number of benzene rings is 2. The Kier molecular flexibility index (Phi) is 6.13. The molecule has 148 valence electrons. The summed E-state index contributed by atoms with van der Waals surface area (Å²) < 4.78 is 11.1. The number of carbonyl (C=O) groups is 2. The maximum Gasteiger partial charge on any atom is 0.251 e. The second kappa shape index (κ2) is 8.39. The van der Waals surface area contributed by atoms with Crippen LogP contribution in [0, 0.1) is 0 Å². The molecule has 0 bridgehead atoms. The summed E-state index contributed by atoms with van der Waals surface area (Å²) in [6, 6.07) is 9.94. The van der Waals surface area contributed by atoms with Crippen molar-refractivity contribution in [2.75, 3.05) is 14.2 Å². The molecule has 1 heterocycles. The van der Waals surface area contributed by atoms with Gasteiger partial charge in [0.2, 0.25) is 0 Å². The number of methoxy groups -OCH3 is 1. The number of Topliss-reactive ketones (excluding diaryl/α,β-unsaturated/α-hetero) is 1. The molecule has 8 heteroatoms. The van der Waals surface area contributed by atoms with E-state index in [4.69, 9.17) is 32.7 Å². The summed E-state index contributed by atoms with van der Waals surface area (Å²) in [6.07, 6.45) is 0. The van der Waals surface area contributed by atoms with Gasteiger partial charge in [-0.25, -0.2) is 5.43 Å². The fraction of sp³-hybridized carbons (Fsp3) is 0.300. The van der Waals surface area contributed by atoms with Crippen LogP contribution in [0.3, 0.4) is 0 Å². The molecule has 3 rings (SSSR count). The van der Waals surface area contributed by atoms with E-state index in [2.05, 4.69) is 5.43 Å². The summed E-state index contributed by atoms with van der Waals surface area (Å²) in [5.41, 5.74) is 3.97. The largest absolute Gasteiger partial charge is 0.497 e. The highest BCUT2D eigenvalue weighted by molar-refractivity contribution is 6.35. The number of hydrogen-bond acceptors (Lipinski definition) is 5. The van der Waals surface area contributed by atoms with Crippen LogP contribution in [0.25, 0.3) is 0 Å². The van der Waals surface area contributed by atoms with Crippen molar-refractivity contribution in [1.29, 1.82) is 0 Å². The quantitative estimate of drug-likeness (QED) is 0.745. The predicted molar refractivity (Wildman–Crippen MR) is 107 cm³/mol. The molecule has 0 radical (unpaired) electrons. The van der Waals surface area contributed by atoms with Crippen LogP contribution in [0.15, 0.2) is 36.4 Å². The lowest BCUT2D eigenvalue weighted by Crippen LogP contribution is -2.57. The van der Waals surface area contributed by atoms with Crippen molar-refractivity contribution in [2.45, 2.75) is 25.5 Å². The van der Waals surface area contributed by atoms with E-state index in [1.807, 2.05) is 24.3 Å². The summed E-state index contributed by atoms with van der Waals surface area (Å²) in [5.74, 6) is -0.825. The van der Waals surface area contributed by atoms with Crippen LogP contribution >= 0.6 is 23.2 Å². The molecule has 1 saturated heterocycles. The number of nitrogens with zero attached hydrogens (tertiary/aromatic N) is 1. The van der Waals surface area contributed by atoms with E-state index in [1.54, 1.807) is 33.2 Å². The van der Waals surface area contributed by atoms with Gasteiger partial charge < -0.3 is 9.47 Å². The first-order valence-corrected chi connectivity index (χ1v) is 9.40. The van der Waals surface area contributed by atoms with E-state index in [0.717, 1.165) is 11.3 Å². The maximum atomic E-state index is 12.8. The van der Waals surface area contributed by atoms with Gasteiger partial charge in [-0.15, -0.1) is 0 Å². The molecule has 1 amide bonds. The summed E-state index contributed by atoms with van der Waals surface area (Å²) in [4.78, 5) is 25.5. The van der Waals surface area contributed by atoms with E-state index in [0.29, 0.717) is 0 Å². The Labute approximate surface area is 173 Å². The standard InChI is InChI=1S/C20H20Cl2N2O4/c1-11-18(25)17(20(26)24(2)23-11)16-14(21)8-9-15(22)19(16)28-10-12-4-6-13(27-3)7-5-12/h4-9,11,17,23H,10H2,1-3H3. The molecular formula is C20H20Cl2N2O4. The minimum atomic E-state index is -1.08.